The van der Waals surface area contributed by atoms with E-state index in [0.717, 1.165) is 10.9 Å². The number of anilines is 1. The number of carboxylic acids is 1. The third-order valence-corrected chi connectivity index (χ3v) is 4.93. The third-order valence-electron chi connectivity index (χ3n) is 4.93. The first-order chi connectivity index (χ1) is 12.1. The summed E-state index contributed by atoms with van der Waals surface area (Å²) in [5, 5.41) is 10.4. The Bertz CT molecular complexity index is 806. The number of pyridine rings is 1. The molecule has 1 spiro atoms. The Kier molecular flexibility index (Phi) is 3.97. The minimum atomic E-state index is -0.985. The summed E-state index contributed by atoms with van der Waals surface area (Å²) < 4.78 is 16.8. The van der Waals surface area contributed by atoms with Crippen LogP contribution in [0.15, 0.2) is 24.4 Å². The molecule has 2 saturated heterocycles. The summed E-state index contributed by atoms with van der Waals surface area (Å²) in [5.41, 5.74) is 1.63. The Morgan fingerprint density at radius 2 is 2.00 bits per heavy atom. The van der Waals surface area contributed by atoms with E-state index in [9.17, 15) is 9.90 Å². The number of piperidine rings is 1. The van der Waals surface area contributed by atoms with Gasteiger partial charge in [0.2, 0.25) is 0 Å². The molecule has 0 amide bonds. The van der Waals surface area contributed by atoms with Crippen molar-refractivity contribution in [3.05, 3.63) is 30.0 Å². The number of benzene rings is 1. The molecule has 2 aliphatic heterocycles. The minimum Gasteiger partial charge on any atom is -0.497 e. The van der Waals surface area contributed by atoms with Crippen molar-refractivity contribution in [1.29, 1.82) is 0 Å². The molecule has 1 aromatic carbocycles. The zero-order chi connectivity index (χ0) is 17.4. The van der Waals surface area contributed by atoms with Gasteiger partial charge in [-0.15, -0.1) is 0 Å². The summed E-state index contributed by atoms with van der Waals surface area (Å²) in [6.45, 7) is 2.57. The molecular weight excluding hydrogens is 324 g/mol. The van der Waals surface area contributed by atoms with E-state index in [1.54, 1.807) is 7.11 Å². The Balaban J connectivity index is 1.76. The van der Waals surface area contributed by atoms with Gasteiger partial charge in [-0.25, -0.2) is 4.79 Å². The molecule has 1 N–H and O–H groups in total. The van der Waals surface area contributed by atoms with Crippen LogP contribution in [0.3, 0.4) is 0 Å². The van der Waals surface area contributed by atoms with Gasteiger partial charge in [-0.1, -0.05) is 0 Å². The van der Waals surface area contributed by atoms with Crippen LogP contribution in [0.25, 0.3) is 10.9 Å². The number of fused-ring (bicyclic) bond motifs is 1. The van der Waals surface area contributed by atoms with Crippen LogP contribution in [0.4, 0.5) is 5.69 Å². The van der Waals surface area contributed by atoms with Crippen molar-refractivity contribution >= 4 is 22.6 Å². The summed E-state index contributed by atoms with van der Waals surface area (Å²) >= 11 is 0. The summed E-state index contributed by atoms with van der Waals surface area (Å²) in [7, 11) is 1.59. The van der Waals surface area contributed by atoms with Gasteiger partial charge in [0.05, 0.1) is 31.5 Å². The molecule has 0 saturated carbocycles. The van der Waals surface area contributed by atoms with Crippen LogP contribution in [0.1, 0.15) is 23.2 Å². The lowest BCUT2D eigenvalue weighted by Gasteiger charge is -2.39. The highest BCUT2D eigenvalue weighted by atomic mass is 16.7. The molecule has 132 valence electrons. The van der Waals surface area contributed by atoms with Crippen molar-refractivity contribution in [2.75, 3.05) is 38.3 Å². The van der Waals surface area contributed by atoms with Crippen molar-refractivity contribution in [2.45, 2.75) is 18.6 Å². The lowest BCUT2D eigenvalue weighted by atomic mass is 10.0. The predicted octanol–water partition coefficient (Wildman–Crippen LogP) is 2.28. The summed E-state index contributed by atoms with van der Waals surface area (Å²) in [6.07, 6.45) is 2.85. The number of methoxy groups -OCH3 is 1. The topological polar surface area (TPSA) is 81.1 Å². The van der Waals surface area contributed by atoms with E-state index in [0.29, 0.717) is 50.6 Å². The monoisotopic (exact) mass is 344 g/mol. The van der Waals surface area contributed by atoms with Crippen LogP contribution in [-0.2, 0) is 9.47 Å². The Hall–Kier alpha value is -2.38. The number of carbonyl (C=O) groups is 1. The number of hydrogen-bond donors (Lipinski definition) is 1. The van der Waals surface area contributed by atoms with Gasteiger partial charge in [-0.3, -0.25) is 4.98 Å². The van der Waals surface area contributed by atoms with Gasteiger partial charge < -0.3 is 24.2 Å². The smallest absolute Gasteiger partial charge is 0.339 e. The van der Waals surface area contributed by atoms with E-state index in [-0.39, 0.29) is 5.56 Å². The average molecular weight is 344 g/mol. The minimum absolute atomic E-state index is 0.199. The van der Waals surface area contributed by atoms with Crippen LogP contribution >= 0.6 is 0 Å². The number of ether oxygens (including phenoxy) is 3. The molecule has 7 heteroatoms. The highest BCUT2D eigenvalue weighted by molar-refractivity contribution is 6.05. The standard InChI is InChI=1S/C18H20N2O5/c1-23-12-2-3-15-13(10-12)16(14(11-19-15)17(21)22)20-6-4-18(5-7-20)24-8-9-25-18/h2-3,10-11H,4-9H2,1H3,(H,21,22). The number of aromatic nitrogens is 1. The second-order valence-electron chi connectivity index (χ2n) is 6.30. The predicted molar refractivity (Wildman–Crippen MR) is 91.3 cm³/mol. The number of nitrogens with zero attached hydrogens (tertiary/aromatic N) is 2. The van der Waals surface area contributed by atoms with Crippen LogP contribution < -0.4 is 9.64 Å². The Morgan fingerprint density at radius 1 is 1.28 bits per heavy atom. The van der Waals surface area contributed by atoms with Crippen molar-refractivity contribution < 1.29 is 24.1 Å². The molecule has 2 aliphatic rings. The molecule has 0 atom stereocenters. The van der Waals surface area contributed by atoms with Gasteiger partial charge in [0.25, 0.3) is 0 Å². The lowest BCUT2D eigenvalue weighted by molar-refractivity contribution is -0.169. The summed E-state index contributed by atoms with van der Waals surface area (Å²) in [5.74, 6) is -0.810. The molecule has 3 heterocycles. The van der Waals surface area contributed by atoms with E-state index in [1.807, 2.05) is 18.2 Å². The largest absolute Gasteiger partial charge is 0.497 e. The van der Waals surface area contributed by atoms with Crippen LogP contribution in [0, 0.1) is 0 Å². The van der Waals surface area contributed by atoms with E-state index in [4.69, 9.17) is 14.2 Å². The quantitative estimate of drug-likeness (QED) is 0.915. The summed E-state index contributed by atoms with van der Waals surface area (Å²) in [6, 6.07) is 5.51. The fourth-order valence-electron chi connectivity index (χ4n) is 3.64. The number of carboxylic acid groups (broad SMARTS) is 1. The molecule has 4 rings (SSSR count). The first kappa shape index (κ1) is 16.1. The zero-order valence-corrected chi connectivity index (χ0v) is 14.0. The van der Waals surface area contributed by atoms with E-state index in [1.165, 1.54) is 6.20 Å². The van der Waals surface area contributed by atoms with E-state index < -0.39 is 11.8 Å². The first-order valence-corrected chi connectivity index (χ1v) is 8.35. The van der Waals surface area contributed by atoms with Gasteiger partial charge >= 0.3 is 5.97 Å². The van der Waals surface area contributed by atoms with Crippen molar-refractivity contribution in [3.63, 3.8) is 0 Å². The number of hydrogen-bond acceptors (Lipinski definition) is 6. The second kappa shape index (κ2) is 6.16. The normalized spacial score (nSPS) is 19.5. The molecule has 2 fully saturated rings. The Labute approximate surface area is 145 Å². The second-order valence-corrected chi connectivity index (χ2v) is 6.30. The maximum Gasteiger partial charge on any atom is 0.339 e. The zero-order valence-electron chi connectivity index (χ0n) is 14.0. The number of rotatable bonds is 3. The molecule has 2 aromatic rings. The van der Waals surface area contributed by atoms with E-state index >= 15 is 0 Å². The van der Waals surface area contributed by atoms with Gasteiger partial charge in [-0.05, 0) is 18.2 Å². The molecule has 0 aliphatic carbocycles. The van der Waals surface area contributed by atoms with Gasteiger partial charge in [0.1, 0.15) is 11.3 Å². The molecule has 0 radical (unpaired) electrons. The van der Waals surface area contributed by atoms with Gasteiger partial charge in [-0.2, -0.15) is 0 Å². The van der Waals surface area contributed by atoms with E-state index in [2.05, 4.69) is 9.88 Å². The molecule has 25 heavy (non-hydrogen) atoms. The van der Waals surface area contributed by atoms with Crippen LogP contribution in [-0.4, -0.2) is 55.3 Å². The number of aromatic carboxylic acids is 1. The van der Waals surface area contributed by atoms with Crippen molar-refractivity contribution in [1.82, 2.24) is 4.98 Å². The molecule has 0 unspecified atom stereocenters. The fourth-order valence-corrected chi connectivity index (χ4v) is 3.64. The van der Waals surface area contributed by atoms with Crippen LogP contribution in [0.2, 0.25) is 0 Å². The SMILES string of the molecule is COc1ccc2ncc(C(=O)O)c(N3CCC4(CC3)OCCO4)c2c1. The van der Waals surface area contributed by atoms with Gasteiger partial charge in [0.15, 0.2) is 5.79 Å². The van der Waals surface area contributed by atoms with Crippen molar-refractivity contribution in [2.24, 2.45) is 0 Å². The molecule has 1 aromatic heterocycles. The Morgan fingerprint density at radius 3 is 2.64 bits per heavy atom. The van der Waals surface area contributed by atoms with Crippen molar-refractivity contribution in [3.8, 4) is 5.75 Å². The van der Waals surface area contributed by atoms with Gasteiger partial charge in [0, 0.05) is 37.5 Å². The highest BCUT2D eigenvalue weighted by Crippen LogP contribution is 2.38. The van der Waals surface area contributed by atoms with Crippen LogP contribution in [0.5, 0.6) is 5.75 Å². The first-order valence-electron chi connectivity index (χ1n) is 8.35. The molecule has 0 bridgehead atoms. The third kappa shape index (κ3) is 2.79. The lowest BCUT2D eigenvalue weighted by Crippen LogP contribution is -2.45. The molecule has 7 nitrogen and oxygen atoms in total. The maximum absolute atomic E-state index is 11.8. The average Bonchev–Trinajstić information content (AvgIpc) is 3.09. The maximum atomic E-state index is 11.8. The highest BCUT2D eigenvalue weighted by Gasteiger charge is 2.40. The summed E-state index contributed by atoms with van der Waals surface area (Å²) in [4.78, 5) is 18.1. The molecular formula is C18H20N2O5. The fraction of sp³-hybridized carbons (Fsp3) is 0.444.